The highest BCUT2D eigenvalue weighted by Gasteiger charge is 2.19. The second-order valence-corrected chi connectivity index (χ2v) is 5.80. The van der Waals surface area contributed by atoms with Crippen LogP contribution in [0.25, 0.3) is 17.3 Å². The number of carbonyl (C=O) groups excluding carboxylic acids is 1. The van der Waals surface area contributed by atoms with Gasteiger partial charge in [0.1, 0.15) is 0 Å². The zero-order valence-corrected chi connectivity index (χ0v) is 13.4. The zero-order valence-electron chi connectivity index (χ0n) is 12.6. The van der Waals surface area contributed by atoms with Gasteiger partial charge in [-0.3, -0.25) is 9.36 Å². The summed E-state index contributed by atoms with van der Waals surface area (Å²) in [6.07, 6.45) is 2.46. The van der Waals surface area contributed by atoms with Gasteiger partial charge in [0.05, 0.1) is 17.7 Å². The molecule has 0 saturated heterocycles. The predicted molar refractivity (Wildman–Crippen MR) is 88.4 cm³/mol. The van der Waals surface area contributed by atoms with Crippen molar-refractivity contribution in [2.24, 2.45) is 5.73 Å². The van der Waals surface area contributed by atoms with Crippen molar-refractivity contribution in [3.8, 4) is 17.3 Å². The molecule has 7 heteroatoms. The Morgan fingerprint density at radius 3 is 2.78 bits per heavy atom. The van der Waals surface area contributed by atoms with Gasteiger partial charge in [0, 0.05) is 0 Å². The van der Waals surface area contributed by atoms with E-state index in [1.54, 1.807) is 12.3 Å². The number of primary amides is 1. The molecule has 6 nitrogen and oxygen atoms in total. The Kier molecular flexibility index (Phi) is 4.47. The molecule has 0 radical (unpaired) electrons. The van der Waals surface area contributed by atoms with E-state index in [-0.39, 0.29) is 5.75 Å². The van der Waals surface area contributed by atoms with Crippen molar-refractivity contribution in [3.63, 3.8) is 0 Å². The first kappa shape index (κ1) is 15.4. The molecule has 0 saturated carbocycles. The van der Waals surface area contributed by atoms with Crippen LogP contribution in [0.5, 0.6) is 0 Å². The molecule has 0 atom stereocenters. The molecule has 2 N–H and O–H groups in total. The molecule has 118 valence electrons. The first-order valence-electron chi connectivity index (χ1n) is 7.19. The number of carbonyl (C=O) groups is 1. The van der Waals surface area contributed by atoms with E-state index in [1.807, 2.05) is 28.8 Å². The highest BCUT2D eigenvalue weighted by atomic mass is 32.2. The van der Waals surface area contributed by atoms with Crippen molar-refractivity contribution in [2.75, 3.05) is 5.75 Å². The molecule has 0 aliphatic carbocycles. The van der Waals surface area contributed by atoms with Gasteiger partial charge in [-0.15, -0.1) is 10.2 Å². The third kappa shape index (κ3) is 3.14. The number of para-hydroxylation sites is 1. The number of amides is 1. The molecule has 2 heterocycles. The lowest BCUT2D eigenvalue weighted by atomic mass is 10.1. The maximum absolute atomic E-state index is 11.1. The van der Waals surface area contributed by atoms with Crippen LogP contribution in [0.2, 0.25) is 0 Å². The first-order valence-corrected chi connectivity index (χ1v) is 8.18. The van der Waals surface area contributed by atoms with Gasteiger partial charge >= 0.3 is 0 Å². The van der Waals surface area contributed by atoms with Gasteiger partial charge in [-0.1, -0.05) is 36.9 Å². The molecule has 3 aromatic rings. The van der Waals surface area contributed by atoms with E-state index in [0.29, 0.717) is 16.7 Å². The normalized spacial score (nSPS) is 10.8. The second-order valence-electron chi connectivity index (χ2n) is 4.86. The average molecular weight is 328 g/mol. The van der Waals surface area contributed by atoms with Crippen LogP contribution in [0.15, 0.2) is 52.2 Å². The van der Waals surface area contributed by atoms with E-state index in [9.17, 15) is 4.79 Å². The van der Waals surface area contributed by atoms with E-state index in [0.717, 1.165) is 17.7 Å². The third-order valence-electron chi connectivity index (χ3n) is 3.33. The molecule has 1 amide bonds. The quantitative estimate of drug-likeness (QED) is 0.703. The minimum atomic E-state index is -0.395. The molecule has 0 spiro atoms. The van der Waals surface area contributed by atoms with Crippen molar-refractivity contribution in [1.29, 1.82) is 0 Å². The predicted octanol–water partition coefficient (Wildman–Crippen LogP) is 2.67. The summed E-state index contributed by atoms with van der Waals surface area (Å²) in [4.78, 5) is 11.1. The monoisotopic (exact) mass is 328 g/mol. The maximum Gasteiger partial charge on any atom is 0.227 e. The molecule has 2 aromatic heterocycles. The van der Waals surface area contributed by atoms with Crippen LogP contribution in [0.1, 0.15) is 12.5 Å². The van der Waals surface area contributed by atoms with Crippen LogP contribution >= 0.6 is 11.8 Å². The molecule has 3 rings (SSSR count). The molecule has 0 fully saturated rings. The Bertz CT molecular complexity index is 811. The van der Waals surface area contributed by atoms with E-state index in [1.165, 1.54) is 11.8 Å². The summed E-state index contributed by atoms with van der Waals surface area (Å²) in [5.41, 5.74) is 7.38. The number of aryl methyl sites for hydroxylation is 1. The van der Waals surface area contributed by atoms with Crippen LogP contribution < -0.4 is 5.73 Å². The number of furan rings is 1. The zero-order chi connectivity index (χ0) is 16.2. The molecule has 23 heavy (non-hydrogen) atoms. The van der Waals surface area contributed by atoms with E-state index in [2.05, 4.69) is 23.2 Å². The Balaban J connectivity index is 2.14. The fraction of sp³-hybridized carbons (Fsp3) is 0.188. The van der Waals surface area contributed by atoms with Gasteiger partial charge in [0.25, 0.3) is 0 Å². The molecular formula is C16H16N4O2S. The molecule has 0 bridgehead atoms. The smallest absolute Gasteiger partial charge is 0.227 e. The summed E-state index contributed by atoms with van der Waals surface area (Å²) in [7, 11) is 0. The van der Waals surface area contributed by atoms with E-state index in [4.69, 9.17) is 10.2 Å². The largest absolute Gasteiger partial charge is 0.461 e. The molecule has 1 aromatic carbocycles. The van der Waals surface area contributed by atoms with Crippen LogP contribution in [0, 0.1) is 0 Å². The van der Waals surface area contributed by atoms with Gasteiger partial charge in [-0.05, 0) is 30.2 Å². The van der Waals surface area contributed by atoms with Crippen LogP contribution in [0.3, 0.4) is 0 Å². The van der Waals surface area contributed by atoms with Gasteiger partial charge < -0.3 is 10.2 Å². The highest BCUT2D eigenvalue weighted by Crippen LogP contribution is 2.29. The van der Waals surface area contributed by atoms with E-state index >= 15 is 0 Å². The topological polar surface area (TPSA) is 86.9 Å². The fourth-order valence-electron chi connectivity index (χ4n) is 2.31. The lowest BCUT2D eigenvalue weighted by molar-refractivity contribution is -0.115. The molecule has 0 aliphatic heterocycles. The van der Waals surface area contributed by atoms with Gasteiger partial charge in [0.15, 0.2) is 10.9 Å². The minimum absolute atomic E-state index is 0.143. The molecule has 0 aliphatic rings. The Hall–Kier alpha value is -2.54. The number of rotatable bonds is 6. The third-order valence-corrected chi connectivity index (χ3v) is 4.28. The summed E-state index contributed by atoms with van der Waals surface area (Å²) < 4.78 is 7.38. The first-order chi connectivity index (χ1) is 11.2. The number of hydrogen-bond donors (Lipinski definition) is 1. The summed E-state index contributed by atoms with van der Waals surface area (Å²) in [5, 5.41) is 9.05. The Labute approximate surface area is 137 Å². The highest BCUT2D eigenvalue weighted by molar-refractivity contribution is 7.99. The Morgan fingerprint density at radius 1 is 1.26 bits per heavy atom. The van der Waals surface area contributed by atoms with Crippen LogP contribution in [-0.4, -0.2) is 26.4 Å². The summed E-state index contributed by atoms with van der Waals surface area (Å²) in [6, 6.07) is 11.7. The number of aromatic nitrogens is 3. The van der Waals surface area contributed by atoms with E-state index < -0.39 is 5.91 Å². The standard InChI is InChI=1S/C16H16N4O2S/c1-2-11-6-3-4-7-12(11)20-15(13-8-5-9-22-13)18-19-16(20)23-10-14(17)21/h3-9H,2,10H2,1H3,(H2,17,21). The number of thioether (sulfide) groups is 1. The lowest BCUT2D eigenvalue weighted by Crippen LogP contribution is -2.14. The van der Waals surface area contributed by atoms with Gasteiger partial charge in [-0.2, -0.15) is 0 Å². The number of hydrogen-bond acceptors (Lipinski definition) is 5. The lowest BCUT2D eigenvalue weighted by Gasteiger charge is -2.12. The van der Waals surface area contributed by atoms with Crippen molar-refractivity contribution in [2.45, 2.75) is 18.5 Å². The van der Waals surface area contributed by atoms with Crippen molar-refractivity contribution in [1.82, 2.24) is 14.8 Å². The molecular weight excluding hydrogens is 312 g/mol. The summed E-state index contributed by atoms with van der Waals surface area (Å²) in [6.45, 7) is 2.09. The van der Waals surface area contributed by atoms with Gasteiger partial charge in [-0.25, -0.2) is 0 Å². The fourth-order valence-corrected chi connectivity index (χ4v) is 2.99. The SMILES string of the molecule is CCc1ccccc1-n1c(SCC(N)=O)nnc1-c1ccco1. The Morgan fingerprint density at radius 2 is 2.09 bits per heavy atom. The summed E-state index contributed by atoms with van der Waals surface area (Å²) in [5.74, 6) is 0.968. The average Bonchev–Trinajstić information content (AvgIpc) is 3.21. The van der Waals surface area contributed by atoms with Crippen molar-refractivity contribution >= 4 is 17.7 Å². The number of nitrogens with zero attached hydrogens (tertiary/aromatic N) is 3. The summed E-state index contributed by atoms with van der Waals surface area (Å²) >= 11 is 1.26. The van der Waals surface area contributed by atoms with Crippen molar-refractivity contribution in [3.05, 3.63) is 48.2 Å². The van der Waals surface area contributed by atoms with Crippen LogP contribution in [-0.2, 0) is 11.2 Å². The minimum Gasteiger partial charge on any atom is -0.461 e. The van der Waals surface area contributed by atoms with Crippen molar-refractivity contribution < 1.29 is 9.21 Å². The maximum atomic E-state index is 11.1. The van der Waals surface area contributed by atoms with Crippen LogP contribution in [0.4, 0.5) is 0 Å². The molecule has 0 unspecified atom stereocenters. The van der Waals surface area contributed by atoms with Gasteiger partial charge in [0.2, 0.25) is 11.7 Å². The second kappa shape index (κ2) is 6.70. The number of benzene rings is 1. The number of nitrogens with two attached hydrogens (primary N) is 1.